The van der Waals surface area contributed by atoms with Gasteiger partial charge in [0.2, 0.25) is 23.7 Å². The highest BCUT2D eigenvalue weighted by atomic mass is 31.2. The molecule has 0 spiro atoms. The molecular formula is C13H13F2N2O3P. The van der Waals surface area contributed by atoms with Crippen molar-refractivity contribution in [3.63, 3.8) is 0 Å². The molecule has 2 aromatic rings. The molecule has 0 amide bonds. The number of hydrogen-bond donors (Lipinski definition) is 0. The maximum Gasteiger partial charge on any atom is 0.433 e. The molecule has 0 fully saturated rings. The zero-order valence-electron chi connectivity index (χ0n) is 11.2. The van der Waals surface area contributed by atoms with Crippen molar-refractivity contribution in [2.24, 2.45) is 0 Å². The third-order valence-electron chi connectivity index (χ3n) is 2.34. The summed E-state index contributed by atoms with van der Waals surface area (Å²) in [5.74, 6) is -1.86. The SMILES string of the molecule is CCCP(=O)(Oc1cccc(F)n1)Oc1cccc(F)n1. The van der Waals surface area contributed by atoms with Crippen LogP contribution in [-0.4, -0.2) is 16.1 Å². The van der Waals surface area contributed by atoms with Crippen molar-refractivity contribution < 1.29 is 22.4 Å². The second kappa shape index (κ2) is 6.63. The van der Waals surface area contributed by atoms with Crippen molar-refractivity contribution in [2.45, 2.75) is 13.3 Å². The van der Waals surface area contributed by atoms with Gasteiger partial charge in [-0.25, -0.2) is 4.57 Å². The number of nitrogens with zero attached hydrogens (tertiary/aromatic N) is 2. The quantitative estimate of drug-likeness (QED) is 0.599. The fourth-order valence-corrected chi connectivity index (χ4v) is 3.09. The predicted octanol–water partition coefficient (Wildman–Crippen LogP) is 3.82. The van der Waals surface area contributed by atoms with Gasteiger partial charge in [0.05, 0.1) is 6.16 Å². The van der Waals surface area contributed by atoms with E-state index in [0.717, 1.165) is 12.1 Å². The summed E-state index contributed by atoms with van der Waals surface area (Å²) in [7, 11) is -3.66. The standard InChI is InChI=1S/C13H13F2N2O3P/c1-2-9-21(18,19-12-7-3-5-10(14)16-12)20-13-8-4-6-11(15)17-13/h3-8H,2,9H2,1H3. The molecule has 5 nitrogen and oxygen atoms in total. The first kappa shape index (κ1) is 15.4. The fourth-order valence-electron chi connectivity index (χ4n) is 1.55. The lowest BCUT2D eigenvalue weighted by Gasteiger charge is -2.18. The first-order valence-corrected chi connectivity index (χ1v) is 7.97. The summed E-state index contributed by atoms with van der Waals surface area (Å²) >= 11 is 0. The van der Waals surface area contributed by atoms with E-state index in [1.807, 2.05) is 0 Å². The Morgan fingerprint density at radius 2 is 1.48 bits per heavy atom. The monoisotopic (exact) mass is 314 g/mol. The van der Waals surface area contributed by atoms with Gasteiger partial charge in [0.1, 0.15) is 0 Å². The van der Waals surface area contributed by atoms with Gasteiger partial charge in [0, 0.05) is 12.1 Å². The molecule has 0 aromatic carbocycles. The van der Waals surface area contributed by atoms with Gasteiger partial charge in [-0.3, -0.25) is 0 Å². The van der Waals surface area contributed by atoms with E-state index in [9.17, 15) is 13.3 Å². The van der Waals surface area contributed by atoms with E-state index in [4.69, 9.17) is 9.05 Å². The van der Waals surface area contributed by atoms with Crippen LogP contribution in [0.5, 0.6) is 11.8 Å². The van der Waals surface area contributed by atoms with Gasteiger partial charge >= 0.3 is 7.60 Å². The predicted molar refractivity (Wildman–Crippen MR) is 72.4 cm³/mol. The molecule has 0 radical (unpaired) electrons. The molecule has 0 saturated heterocycles. The minimum atomic E-state index is -3.66. The van der Waals surface area contributed by atoms with Crippen molar-refractivity contribution >= 4 is 7.60 Å². The largest absolute Gasteiger partial charge is 0.433 e. The second-order valence-electron chi connectivity index (χ2n) is 4.11. The average molecular weight is 314 g/mol. The van der Waals surface area contributed by atoms with Gasteiger partial charge in [-0.15, -0.1) is 0 Å². The van der Waals surface area contributed by atoms with Crippen LogP contribution < -0.4 is 9.05 Å². The molecule has 2 rings (SSSR count). The summed E-state index contributed by atoms with van der Waals surface area (Å²) in [6.07, 6.45) is 0.547. The van der Waals surface area contributed by atoms with Gasteiger partial charge in [-0.1, -0.05) is 19.1 Å². The Labute approximate surface area is 120 Å². The highest BCUT2D eigenvalue weighted by molar-refractivity contribution is 7.54. The van der Waals surface area contributed by atoms with Crippen molar-refractivity contribution in [3.05, 3.63) is 48.3 Å². The Morgan fingerprint density at radius 1 is 1.00 bits per heavy atom. The Kier molecular flexibility index (Phi) is 4.85. The summed E-state index contributed by atoms with van der Waals surface area (Å²) in [5.41, 5.74) is 0. The fraction of sp³-hybridized carbons (Fsp3) is 0.231. The minimum Gasteiger partial charge on any atom is -0.397 e. The Bertz CT molecular complexity index is 618. The molecule has 0 saturated carbocycles. The molecule has 0 N–H and O–H groups in total. The van der Waals surface area contributed by atoms with E-state index in [1.165, 1.54) is 24.3 Å². The maximum atomic E-state index is 13.0. The molecule has 0 aliphatic rings. The first-order chi connectivity index (χ1) is 10.0. The number of rotatable bonds is 6. The summed E-state index contributed by atoms with van der Waals surface area (Å²) < 4.78 is 49.0. The average Bonchev–Trinajstić information content (AvgIpc) is 2.38. The van der Waals surface area contributed by atoms with E-state index in [0.29, 0.717) is 6.42 Å². The third kappa shape index (κ3) is 4.49. The molecule has 8 heteroatoms. The molecular weight excluding hydrogens is 301 g/mol. The molecule has 2 aromatic heterocycles. The molecule has 112 valence electrons. The lowest BCUT2D eigenvalue weighted by Crippen LogP contribution is -2.07. The number of hydrogen-bond acceptors (Lipinski definition) is 5. The summed E-state index contributed by atoms with van der Waals surface area (Å²) in [6.45, 7) is 1.78. The lowest BCUT2D eigenvalue weighted by molar-refractivity contribution is 0.367. The summed E-state index contributed by atoms with van der Waals surface area (Å²) in [4.78, 5) is 6.93. The van der Waals surface area contributed by atoms with Crippen LogP contribution in [0, 0.1) is 11.9 Å². The van der Waals surface area contributed by atoms with Gasteiger partial charge in [-0.05, 0) is 18.6 Å². The highest BCUT2D eigenvalue weighted by Crippen LogP contribution is 2.48. The molecule has 0 aliphatic heterocycles. The topological polar surface area (TPSA) is 61.3 Å². The lowest BCUT2D eigenvalue weighted by atomic mass is 10.5. The molecule has 0 atom stereocenters. The Balaban J connectivity index is 2.21. The number of pyridine rings is 2. The Morgan fingerprint density at radius 3 is 1.86 bits per heavy atom. The van der Waals surface area contributed by atoms with Gasteiger partial charge in [0.25, 0.3) is 0 Å². The molecule has 2 heterocycles. The van der Waals surface area contributed by atoms with E-state index in [1.54, 1.807) is 6.92 Å². The van der Waals surface area contributed by atoms with Crippen LogP contribution >= 0.6 is 7.60 Å². The van der Waals surface area contributed by atoms with E-state index >= 15 is 0 Å². The minimum absolute atomic E-state index is 0.0589. The Hall–Kier alpha value is -2.01. The third-order valence-corrected chi connectivity index (χ3v) is 4.27. The summed E-state index contributed by atoms with van der Waals surface area (Å²) in [6, 6.07) is 7.71. The van der Waals surface area contributed by atoms with Crippen LogP contribution in [0.3, 0.4) is 0 Å². The van der Waals surface area contributed by atoms with Crippen LogP contribution in [0.4, 0.5) is 8.78 Å². The normalized spacial score (nSPS) is 11.2. The van der Waals surface area contributed by atoms with Crippen molar-refractivity contribution in [3.8, 4) is 11.8 Å². The van der Waals surface area contributed by atoms with E-state index in [2.05, 4.69) is 9.97 Å². The van der Waals surface area contributed by atoms with Crippen LogP contribution in [0.15, 0.2) is 36.4 Å². The van der Waals surface area contributed by atoms with Crippen LogP contribution in [-0.2, 0) is 4.57 Å². The first-order valence-electron chi connectivity index (χ1n) is 6.24. The van der Waals surface area contributed by atoms with Gasteiger partial charge in [-0.2, -0.15) is 18.7 Å². The zero-order valence-corrected chi connectivity index (χ0v) is 12.1. The van der Waals surface area contributed by atoms with Crippen molar-refractivity contribution in [1.82, 2.24) is 9.97 Å². The number of halogens is 2. The van der Waals surface area contributed by atoms with Crippen molar-refractivity contribution in [2.75, 3.05) is 6.16 Å². The van der Waals surface area contributed by atoms with Crippen LogP contribution in [0.25, 0.3) is 0 Å². The molecule has 0 aliphatic carbocycles. The van der Waals surface area contributed by atoms with Crippen LogP contribution in [0.1, 0.15) is 13.3 Å². The number of aromatic nitrogens is 2. The van der Waals surface area contributed by atoms with Crippen LogP contribution in [0.2, 0.25) is 0 Å². The van der Waals surface area contributed by atoms with Gasteiger partial charge in [0.15, 0.2) is 0 Å². The second-order valence-corrected chi connectivity index (χ2v) is 6.15. The van der Waals surface area contributed by atoms with Crippen molar-refractivity contribution in [1.29, 1.82) is 0 Å². The molecule has 0 unspecified atom stereocenters. The van der Waals surface area contributed by atoms with E-state index in [-0.39, 0.29) is 17.9 Å². The highest BCUT2D eigenvalue weighted by Gasteiger charge is 2.28. The molecule has 0 bridgehead atoms. The zero-order chi connectivity index (χ0) is 15.3. The van der Waals surface area contributed by atoms with Gasteiger partial charge < -0.3 is 9.05 Å². The summed E-state index contributed by atoms with van der Waals surface area (Å²) in [5, 5.41) is 0. The smallest absolute Gasteiger partial charge is 0.397 e. The maximum absolute atomic E-state index is 13.0. The molecule has 21 heavy (non-hydrogen) atoms. The van der Waals surface area contributed by atoms with E-state index < -0.39 is 19.5 Å².